The first-order valence-corrected chi connectivity index (χ1v) is 7.79. The van der Waals surface area contributed by atoms with Crippen LogP contribution in [0, 0.1) is 0 Å². The molecule has 1 aromatic carbocycles. The van der Waals surface area contributed by atoms with Crippen LogP contribution in [0.2, 0.25) is 0 Å². The lowest BCUT2D eigenvalue weighted by atomic mass is 10.3. The van der Waals surface area contributed by atoms with E-state index in [1.54, 1.807) is 13.4 Å². The predicted molar refractivity (Wildman–Crippen MR) is 88.1 cm³/mol. The van der Waals surface area contributed by atoms with Gasteiger partial charge in [-0.1, -0.05) is 12.1 Å². The monoisotopic (exact) mass is 312 g/mol. The van der Waals surface area contributed by atoms with Crippen LogP contribution in [0.3, 0.4) is 0 Å². The molecule has 4 rings (SSSR count). The van der Waals surface area contributed by atoms with Crippen molar-refractivity contribution in [2.75, 3.05) is 31.8 Å². The summed E-state index contributed by atoms with van der Waals surface area (Å²) < 4.78 is 13.0. The Bertz CT molecular complexity index is 781. The van der Waals surface area contributed by atoms with Crippen LogP contribution in [-0.2, 0) is 18.0 Å². The van der Waals surface area contributed by atoms with Gasteiger partial charge in [0.15, 0.2) is 0 Å². The van der Waals surface area contributed by atoms with E-state index < -0.39 is 0 Å². The smallest absolute Gasteiger partial charge is 0.209 e. The number of benzene rings is 1. The molecule has 23 heavy (non-hydrogen) atoms. The average molecular weight is 312 g/mol. The maximum absolute atomic E-state index is 5.52. The molecule has 120 valence electrons. The van der Waals surface area contributed by atoms with Crippen molar-refractivity contribution in [3.63, 3.8) is 0 Å². The predicted octanol–water partition coefficient (Wildman–Crippen LogP) is 2.51. The van der Waals surface area contributed by atoms with Gasteiger partial charge in [0.25, 0.3) is 0 Å². The van der Waals surface area contributed by atoms with E-state index in [-0.39, 0.29) is 0 Å². The second kappa shape index (κ2) is 6.06. The summed E-state index contributed by atoms with van der Waals surface area (Å²) >= 11 is 0. The number of para-hydroxylation sites is 2. The van der Waals surface area contributed by atoms with E-state index in [1.165, 1.54) is 0 Å². The molecule has 0 saturated heterocycles. The van der Waals surface area contributed by atoms with Gasteiger partial charge in [-0.2, -0.15) is 0 Å². The fraction of sp³-hybridized carbons (Fsp3) is 0.353. The van der Waals surface area contributed by atoms with Crippen molar-refractivity contribution in [2.45, 2.75) is 13.2 Å². The Morgan fingerprint density at radius 2 is 2.09 bits per heavy atom. The molecule has 1 aliphatic heterocycles. The summed E-state index contributed by atoms with van der Waals surface area (Å²) in [5, 5.41) is 0. The van der Waals surface area contributed by atoms with Crippen molar-refractivity contribution in [1.82, 2.24) is 14.5 Å². The number of imidazole rings is 1. The minimum atomic E-state index is 0.708. The number of hydrogen-bond donors (Lipinski definition) is 0. The molecular formula is C17H20N4O2. The van der Waals surface area contributed by atoms with Gasteiger partial charge in [0.1, 0.15) is 5.76 Å². The first-order chi connectivity index (χ1) is 11.3. The highest BCUT2D eigenvalue weighted by atomic mass is 16.5. The highest BCUT2D eigenvalue weighted by Gasteiger charge is 2.26. The molecule has 0 unspecified atom stereocenters. The minimum Gasteiger partial charge on any atom is -0.467 e. The van der Waals surface area contributed by atoms with Crippen molar-refractivity contribution in [3.05, 3.63) is 48.4 Å². The Hall–Kier alpha value is -2.31. The first kappa shape index (κ1) is 14.3. The molecule has 0 atom stereocenters. The summed E-state index contributed by atoms with van der Waals surface area (Å²) in [5.41, 5.74) is 2.19. The van der Waals surface area contributed by atoms with E-state index >= 15 is 0 Å². The third kappa shape index (κ3) is 2.71. The van der Waals surface area contributed by atoms with E-state index in [0.717, 1.165) is 49.2 Å². The van der Waals surface area contributed by atoms with Gasteiger partial charge < -0.3 is 14.1 Å². The van der Waals surface area contributed by atoms with Gasteiger partial charge in [-0.25, -0.2) is 4.98 Å². The zero-order valence-corrected chi connectivity index (χ0v) is 13.2. The SMILES string of the molecule is COCCN1CN(Cc2ccco2)c2nc3ccccc3n2C1. The lowest BCUT2D eigenvalue weighted by Crippen LogP contribution is -2.45. The number of hydrogen-bond acceptors (Lipinski definition) is 5. The molecule has 3 aromatic rings. The Morgan fingerprint density at radius 1 is 1.17 bits per heavy atom. The Morgan fingerprint density at radius 3 is 2.91 bits per heavy atom. The van der Waals surface area contributed by atoms with E-state index in [9.17, 15) is 0 Å². The fourth-order valence-electron chi connectivity index (χ4n) is 3.07. The quantitative estimate of drug-likeness (QED) is 0.724. The van der Waals surface area contributed by atoms with Gasteiger partial charge in [-0.3, -0.25) is 9.47 Å². The molecule has 6 nitrogen and oxygen atoms in total. The number of nitrogens with zero attached hydrogens (tertiary/aromatic N) is 4. The Labute approximate surface area is 134 Å². The average Bonchev–Trinajstić information content (AvgIpc) is 3.20. The van der Waals surface area contributed by atoms with Crippen LogP contribution in [0.25, 0.3) is 11.0 Å². The van der Waals surface area contributed by atoms with Crippen molar-refractivity contribution in [3.8, 4) is 0 Å². The van der Waals surface area contributed by atoms with Gasteiger partial charge in [0.2, 0.25) is 5.95 Å². The molecule has 6 heteroatoms. The number of ether oxygens (including phenoxy) is 1. The molecule has 0 N–H and O–H groups in total. The van der Waals surface area contributed by atoms with Crippen LogP contribution >= 0.6 is 0 Å². The molecule has 0 bridgehead atoms. The maximum atomic E-state index is 5.52. The fourth-order valence-corrected chi connectivity index (χ4v) is 3.07. The molecule has 0 spiro atoms. The molecule has 1 aliphatic rings. The molecule has 0 radical (unpaired) electrons. The number of fused-ring (bicyclic) bond motifs is 3. The summed E-state index contributed by atoms with van der Waals surface area (Å²) in [6.07, 6.45) is 1.71. The molecular weight excluding hydrogens is 292 g/mol. The lowest BCUT2D eigenvalue weighted by molar-refractivity contribution is 0.121. The summed E-state index contributed by atoms with van der Waals surface area (Å²) in [7, 11) is 1.74. The van der Waals surface area contributed by atoms with Crippen LogP contribution < -0.4 is 4.90 Å². The summed E-state index contributed by atoms with van der Waals surface area (Å²) in [4.78, 5) is 9.42. The maximum Gasteiger partial charge on any atom is 0.209 e. The van der Waals surface area contributed by atoms with Crippen LogP contribution in [0.15, 0.2) is 47.1 Å². The Kier molecular flexibility index (Phi) is 3.77. The van der Waals surface area contributed by atoms with Crippen molar-refractivity contribution in [2.24, 2.45) is 0 Å². The van der Waals surface area contributed by atoms with Gasteiger partial charge >= 0.3 is 0 Å². The number of furan rings is 1. The second-order valence-electron chi connectivity index (χ2n) is 5.78. The second-order valence-corrected chi connectivity index (χ2v) is 5.78. The molecule has 0 fully saturated rings. The normalized spacial score (nSPS) is 15.3. The highest BCUT2D eigenvalue weighted by molar-refractivity contribution is 5.79. The molecule has 0 saturated carbocycles. The molecule has 2 aromatic heterocycles. The Balaban J connectivity index is 1.70. The van der Waals surface area contributed by atoms with Crippen LogP contribution in [0.1, 0.15) is 5.76 Å². The zero-order valence-electron chi connectivity index (χ0n) is 13.2. The van der Waals surface area contributed by atoms with Crippen LogP contribution in [-0.4, -0.2) is 41.4 Å². The van der Waals surface area contributed by atoms with Crippen molar-refractivity contribution >= 4 is 17.0 Å². The summed E-state index contributed by atoms with van der Waals surface area (Å²) in [6, 6.07) is 12.2. The van der Waals surface area contributed by atoms with Crippen LogP contribution in [0.5, 0.6) is 0 Å². The van der Waals surface area contributed by atoms with Gasteiger partial charge in [-0.15, -0.1) is 0 Å². The zero-order chi connectivity index (χ0) is 15.6. The lowest BCUT2D eigenvalue weighted by Gasteiger charge is -2.36. The molecule has 0 aliphatic carbocycles. The van der Waals surface area contributed by atoms with E-state index in [2.05, 4.69) is 32.6 Å². The highest BCUT2D eigenvalue weighted by Crippen LogP contribution is 2.28. The summed E-state index contributed by atoms with van der Waals surface area (Å²) in [5.74, 6) is 1.94. The number of aromatic nitrogens is 2. The molecule has 0 amide bonds. The number of anilines is 1. The number of methoxy groups -OCH3 is 1. The van der Waals surface area contributed by atoms with E-state index in [1.807, 2.05) is 18.2 Å². The third-order valence-corrected chi connectivity index (χ3v) is 4.17. The van der Waals surface area contributed by atoms with Crippen molar-refractivity contribution in [1.29, 1.82) is 0 Å². The largest absolute Gasteiger partial charge is 0.467 e. The summed E-state index contributed by atoms with van der Waals surface area (Å²) in [6.45, 7) is 3.95. The third-order valence-electron chi connectivity index (χ3n) is 4.17. The standard InChI is InChI=1S/C17H20N4O2/c1-22-10-8-19-12-20(11-14-5-4-9-23-14)17-18-15-6-2-3-7-16(15)21(17)13-19/h2-7,9H,8,10-13H2,1H3. The molecule has 3 heterocycles. The van der Waals surface area contributed by atoms with Crippen molar-refractivity contribution < 1.29 is 9.15 Å². The number of rotatable bonds is 5. The topological polar surface area (TPSA) is 46.7 Å². The van der Waals surface area contributed by atoms with E-state index in [4.69, 9.17) is 14.1 Å². The first-order valence-electron chi connectivity index (χ1n) is 7.79. The van der Waals surface area contributed by atoms with Gasteiger partial charge in [0, 0.05) is 13.7 Å². The van der Waals surface area contributed by atoms with Gasteiger partial charge in [-0.05, 0) is 24.3 Å². The van der Waals surface area contributed by atoms with E-state index in [0.29, 0.717) is 6.54 Å². The minimum absolute atomic E-state index is 0.708. The van der Waals surface area contributed by atoms with Crippen LogP contribution in [0.4, 0.5) is 5.95 Å². The van der Waals surface area contributed by atoms with Gasteiger partial charge in [0.05, 0.1) is 43.8 Å².